The van der Waals surface area contributed by atoms with Crippen molar-refractivity contribution in [3.05, 3.63) is 83.8 Å². The maximum Gasteiger partial charge on any atom is 0.471 e. The third-order valence-corrected chi connectivity index (χ3v) is 5.93. The van der Waals surface area contributed by atoms with E-state index in [9.17, 15) is 22.4 Å². The number of alkyl halides is 3. The van der Waals surface area contributed by atoms with Crippen molar-refractivity contribution < 1.29 is 27.1 Å². The van der Waals surface area contributed by atoms with Gasteiger partial charge in [0.25, 0.3) is 0 Å². The highest BCUT2D eigenvalue weighted by atomic mass is 19.4. The Morgan fingerprint density at radius 2 is 1.76 bits per heavy atom. The summed E-state index contributed by atoms with van der Waals surface area (Å²) >= 11 is 0. The lowest BCUT2D eigenvalue weighted by Gasteiger charge is -2.26. The van der Waals surface area contributed by atoms with E-state index in [0.717, 1.165) is 21.4 Å². The van der Waals surface area contributed by atoms with Crippen LogP contribution in [0.5, 0.6) is 5.75 Å². The second kappa shape index (κ2) is 7.86. The van der Waals surface area contributed by atoms with Crippen LogP contribution in [0.2, 0.25) is 0 Å². The molecular weight excluding hydrogens is 450 g/mol. The molecule has 0 unspecified atom stereocenters. The first kappa shape index (κ1) is 21.9. The molecule has 3 aromatic carbocycles. The van der Waals surface area contributed by atoms with Crippen LogP contribution in [0, 0.1) is 12.7 Å². The Hall–Kier alpha value is -3.88. The van der Waals surface area contributed by atoms with Crippen LogP contribution in [-0.2, 0) is 4.79 Å². The number of hydrogen-bond donors (Lipinski definition) is 0. The molecule has 174 valence electrons. The van der Waals surface area contributed by atoms with Crippen LogP contribution in [0.25, 0.3) is 16.6 Å². The number of carbonyl (C=O) groups excluding carboxylic acids is 1. The van der Waals surface area contributed by atoms with Crippen molar-refractivity contribution in [3.8, 4) is 11.4 Å². The fraction of sp³-hybridized carbons (Fsp3) is 0.200. The van der Waals surface area contributed by atoms with E-state index in [2.05, 4.69) is 5.10 Å². The van der Waals surface area contributed by atoms with Gasteiger partial charge in [-0.15, -0.1) is 0 Å². The molecule has 0 saturated carbocycles. The van der Waals surface area contributed by atoms with Crippen LogP contribution >= 0.6 is 0 Å². The molecule has 5 rings (SSSR count). The first-order valence-corrected chi connectivity index (χ1v) is 10.5. The van der Waals surface area contributed by atoms with Crippen molar-refractivity contribution in [3.63, 3.8) is 0 Å². The van der Waals surface area contributed by atoms with Gasteiger partial charge in [-0.3, -0.25) is 9.69 Å². The molecule has 1 amide bonds. The number of ether oxygens (including phenoxy) is 1. The number of nitrogens with zero attached hydrogens (tertiary/aromatic N) is 3. The number of aryl methyl sites for hydroxylation is 1. The van der Waals surface area contributed by atoms with E-state index in [4.69, 9.17) is 4.74 Å². The molecule has 4 aromatic rings. The van der Waals surface area contributed by atoms with Crippen LogP contribution in [0.1, 0.15) is 24.2 Å². The zero-order valence-corrected chi connectivity index (χ0v) is 18.2. The van der Waals surface area contributed by atoms with Crippen molar-refractivity contribution in [2.24, 2.45) is 0 Å². The van der Waals surface area contributed by atoms with Crippen LogP contribution in [0.4, 0.5) is 23.2 Å². The van der Waals surface area contributed by atoms with Crippen molar-refractivity contribution in [2.45, 2.75) is 32.2 Å². The molecule has 1 aromatic heterocycles. The Bertz CT molecular complexity index is 1400. The van der Waals surface area contributed by atoms with Gasteiger partial charge in [0, 0.05) is 10.9 Å². The molecule has 0 spiro atoms. The van der Waals surface area contributed by atoms with Crippen LogP contribution in [0.15, 0.2) is 66.9 Å². The molecule has 9 heteroatoms. The normalized spacial score (nSPS) is 17.8. The molecule has 0 N–H and O–H groups in total. The number of anilines is 1. The predicted octanol–water partition coefficient (Wildman–Crippen LogP) is 5.89. The van der Waals surface area contributed by atoms with Gasteiger partial charge in [0.15, 0.2) is 0 Å². The predicted molar refractivity (Wildman–Crippen MR) is 119 cm³/mol. The molecule has 1 aliphatic rings. The van der Waals surface area contributed by atoms with Crippen LogP contribution in [0.3, 0.4) is 0 Å². The standard InChI is InChI=1S/C25H19F4N3O2/c1-14-3-9-20-22(11-14)31(24(33)25(27,28)29)15(2)23(20)34-19-8-10-21-16(12-19)13-30-32(21)18-6-4-17(26)5-7-18/h3-13,15,23H,1-2H3/t15-,23-/m0/s1. The molecule has 0 fully saturated rings. The highest BCUT2D eigenvalue weighted by Gasteiger charge is 2.50. The van der Waals surface area contributed by atoms with Crippen molar-refractivity contribution >= 4 is 22.5 Å². The number of benzene rings is 3. The molecule has 2 heterocycles. The number of rotatable bonds is 3. The molecule has 0 aliphatic carbocycles. The molecule has 0 bridgehead atoms. The number of amides is 1. The summed E-state index contributed by atoms with van der Waals surface area (Å²) in [5, 5.41) is 5.09. The average molecular weight is 469 g/mol. The van der Waals surface area contributed by atoms with Gasteiger partial charge >= 0.3 is 12.1 Å². The monoisotopic (exact) mass is 469 g/mol. The number of aromatic nitrogens is 2. The van der Waals surface area contributed by atoms with Gasteiger partial charge < -0.3 is 4.74 Å². The minimum Gasteiger partial charge on any atom is -0.483 e. The highest BCUT2D eigenvalue weighted by molar-refractivity contribution is 6.00. The van der Waals surface area contributed by atoms with Gasteiger partial charge in [-0.2, -0.15) is 18.3 Å². The maximum absolute atomic E-state index is 13.3. The lowest BCUT2D eigenvalue weighted by atomic mass is 10.1. The fourth-order valence-corrected chi connectivity index (χ4v) is 4.33. The molecule has 5 nitrogen and oxygen atoms in total. The van der Waals surface area contributed by atoms with Gasteiger partial charge in [-0.1, -0.05) is 12.1 Å². The third-order valence-electron chi connectivity index (χ3n) is 5.93. The Balaban J connectivity index is 1.48. The highest BCUT2D eigenvalue weighted by Crippen LogP contribution is 2.44. The summed E-state index contributed by atoms with van der Waals surface area (Å²) in [7, 11) is 0. The summed E-state index contributed by atoms with van der Waals surface area (Å²) in [4.78, 5) is 13.0. The molecular formula is C25H19F4N3O2. The van der Waals surface area contributed by atoms with E-state index in [1.807, 2.05) is 0 Å². The second-order valence-corrected chi connectivity index (χ2v) is 8.27. The zero-order valence-electron chi connectivity index (χ0n) is 18.2. The van der Waals surface area contributed by atoms with E-state index < -0.39 is 24.2 Å². The smallest absolute Gasteiger partial charge is 0.471 e. The topological polar surface area (TPSA) is 47.4 Å². The number of halogens is 4. The second-order valence-electron chi connectivity index (χ2n) is 8.27. The minimum atomic E-state index is -5.00. The average Bonchev–Trinajstić information content (AvgIpc) is 3.32. The molecule has 2 atom stereocenters. The summed E-state index contributed by atoms with van der Waals surface area (Å²) in [5.74, 6) is -1.85. The van der Waals surface area contributed by atoms with Crippen molar-refractivity contribution in [1.29, 1.82) is 0 Å². The van der Waals surface area contributed by atoms with E-state index in [1.165, 1.54) is 19.1 Å². The summed E-state index contributed by atoms with van der Waals surface area (Å²) in [5.41, 5.74) is 2.88. The SMILES string of the molecule is Cc1ccc2c(c1)N(C(=O)C(F)(F)F)[C@@H](C)[C@@H]2Oc1ccc2c(cnn2-c2ccc(F)cc2)c1. The van der Waals surface area contributed by atoms with E-state index in [-0.39, 0.29) is 11.5 Å². The summed E-state index contributed by atoms with van der Waals surface area (Å²) < 4.78 is 60.9. The first-order chi connectivity index (χ1) is 16.1. The van der Waals surface area contributed by atoms with Gasteiger partial charge in [0.1, 0.15) is 17.7 Å². The van der Waals surface area contributed by atoms with Gasteiger partial charge in [0.05, 0.1) is 29.1 Å². The minimum absolute atomic E-state index is 0.199. The zero-order chi connectivity index (χ0) is 24.2. The van der Waals surface area contributed by atoms with Crippen LogP contribution in [-0.4, -0.2) is 27.9 Å². The largest absolute Gasteiger partial charge is 0.483 e. The Kier molecular flexibility index (Phi) is 5.07. The molecule has 1 aliphatic heterocycles. The summed E-state index contributed by atoms with van der Waals surface area (Å²) in [6.07, 6.45) is -4.16. The van der Waals surface area contributed by atoms with Crippen LogP contribution < -0.4 is 9.64 Å². The molecule has 34 heavy (non-hydrogen) atoms. The van der Waals surface area contributed by atoms with Gasteiger partial charge in [0.2, 0.25) is 0 Å². The van der Waals surface area contributed by atoms with Gasteiger partial charge in [-0.25, -0.2) is 9.07 Å². The number of hydrogen-bond acceptors (Lipinski definition) is 3. The number of fused-ring (bicyclic) bond motifs is 2. The van der Waals surface area contributed by atoms with Crippen molar-refractivity contribution in [1.82, 2.24) is 9.78 Å². The lowest BCUT2D eigenvalue weighted by Crippen LogP contribution is -2.45. The fourth-order valence-electron chi connectivity index (χ4n) is 4.33. The summed E-state index contributed by atoms with van der Waals surface area (Å²) in [6.45, 7) is 3.29. The van der Waals surface area contributed by atoms with Crippen molar-refractivity contribution in [2.75, 3.05) is 4.90 Å². The quantitative estimate of drug-likeness (QED) is 0.352. The van der Waals surface area contributed by atoms with E-state index in [1.54, 1.807) is 66.3 Å². The summed E-state index contributed by atoms with van der Waals surface area (Å²) in [6, 6.07) is 15.3. The molecule has 0 radical (unpaired) electrons. The van der Waals surface area contributed by atoms with E-state index >= 15 is 0 Å². The van der Waals surface area contributed by atoms with E-state index in [0.29, 0.717) is 17.0 Å². The number of carbonyl (C=O) groups is 1. The first-order valence-electron chi connectivity index (χ1n) is 10.5. The van der Waals surface area contributed by atoms with Gasteiger partial charge in [-0.05, 0) is 67.9 Å². The molecule has 0 saturated heterocycles. The Morgan fingerprint density at radius 3 is 2.47 bits per heavy atom. The third kappa shape index (κ3) is 3.67. The lowest BCUT2D eigenvalue weighted by molar-refractivity contribution is -0.171. The Labute approximate surface area is 192 Å². The Morgan fingerprint density at radius 1 is 1.03 bits per heavy atom. The maximum atomic E-state index is 13.3.